The van der Waals surface area contributed by atoms with Crippen LogP contribution in [-0.2, 0) is 19.6 Å². The fourth-order valence-corrected chi connectivity index (χ4v) is 3.38. The molecule has 0 saturated carbocycles. The summed E-state index contributed by atoms with van der Waals surface area (Å²) < 4.78 is 26.6. The number of benzene rings is 1. The van der Waals surface area contributed by atoms with Gasteiger partial charge in [-0.25, -0.2) is 17.9 Å². The number of aromatic carboxylic acids is 1. The lowest BCUT2D eigenvalue weighted by Gasteiger charge is -2.08. The lowest BCUT2D eigenvalue weighted by molar-refractivity contribution is -0.122. The van der Waals surface area contributed by atoms with E-state index in [0.29, 0.717) is 25.7 Å². The maximum atomic E-state index is 12.1. The van der Waals surface area contributed by atoms with Crippen LogP contribution in [-0.4, -0.2) is 43.2 Å². The Morgan fingerprint density at radius 2 is 1.92 bits per heavy atom. The van der Waals surface area contributed by atoms with E-state index >= 15 is 0 Å². The number of ketones is 1. The van der Waals surface area contributed by atoms with Crippen LogP contribution in [0.4, 0.5) is 0 Å². The van der Waals surface area contributed by atoms with Crippen molar-refractivity contribution in [1.29, 1.82) is 0 Å². The van der Waals surface area contributed by atoms with Crippen LogP contribution in [0.2, 0.25) is 0 Å². The number of hydrogen-bond donors (Lipinski definition) is 3. The Hall–Kier alpha value is -2.26. The van der Waals surface area contributed by atoms with Crippen LogP contribution in [0.1, 0.15) is 49.4 Å². The Balaban J connectivity index is 2.43. The van der Waals surface area contributed by atoms with E-state index in [1.165, 1.54) is 0 Å². The standard InChI is InChI=1S/C17H23NO7S/c1-12(11-19)9-13(20)5-3-2-4-8-18-26(24,25)14-6-7-16(21)15(10-14)17(22)23/h6-7,10-12,18,21H,2-5,8-9H2,1H3,(H,22,23)/t12-/m1/s1. The predicted molar refractivity (Wildman–Crippen MR) is 93.6 cm³/mol. The quantitative estimate of drug-likeness (QED) is 0.368. The van der Waals surface area contributed by atoms with Crippen molar-refractivity contribution in [3.8, 4) is 5.75 Å². The number of carbonyl (C=O) groups excluding carboxylic acids is 2. The number of carboxylic acids is 1. The molecule has 0 saturated heterocycles. The number of rotatable bonds is 12. The van der Waals surface area contributed by atoms with Gasteiger partial charge in [-0.1, -0.05) is 13.3 Å². The minimum absolute atomic E-state index is 0.00970. The summed E-state index contributed by atoms with van der Waals surface area (Å²) in [5.41, 5.74) is -0.490. The molecule has 1 aromatic carbocycles. The third-order valence-electron chi connectivity index (χ3n) is 3.72. The highest BCUT2D eigenvalue weighted by atomic mass is 32.2. The maximum Gasteiger partial charge on any atom is 0.339 e. The molecule has 0 heterocycles. The Morgan fingerprint density at radius 3 is 2.54 bits per heavy atom. The zero-order chi connectivity index (χ0) is 19.7. The van der Waals surface area contributed by atoms with E-state index in [-0.39, 0.29) is 29.6 Å². The molecule has 8 nitrogen and oxygen atoms in total. The molecule has 0 bridgehead atoms. The van der Waals surface area contributed by atoms with Gasteiger partial charge in [0.2, 0.25) is 10.0 Å². The van der Waals surface area contributed by atoms with Crippen LogP contribution < -0.4 is 4.72 Å². The summed E-state index contributed by atoms with van der Waals surface area (Å²) in [7, 11) is -3.89. The SMILES string of the molecule is C[C@@H](C=O)CC(=O)CCCCCNS(=O)(=O)c1ccc(O)c(C(=O)O)c1. The van der Waals surface area contributed by atoms with Gasteiger partial charge < -0.3 is 15.0 Å². The summed E-state index contributed by atoms with van der Waals surface area (Å²) in [5, 5.41) is 18.3. The van der Waals surface area contributed by atoms with Gasteiger partial charge >= 0.3 is 5.97 Å². The number of hydrogen-bond acceptors (Lipinski definition) is 6. The van der Waals surface area contributed by atoms with Crippen LogP contribution in [0.15, 0.2) is 23.1 Å². The van der Waals surface area contributed by atoms with Gasteiger partial charge in [-0.05, 0) is 31.0 Å². The minimum Gasteiger partial charge on any atom is -0.507 e. The Morgan fingerprint density at radius 1 is 1.23 bits per heavy atom. The summed E-state index contributed by atoms with van der Waals surface area (Å²) in [6, 6.07) is 3.04. The Labute approximate surface area is 152 Å². The second-order valence-corrected chi connectivity index (χ2v) is 7.82. The summed E-state index contributed by atoms with van der Waals surface area (Å²) in [4.78, 5) is 32.8. The van der Waals surface area contributed by atoms with Crippen LogP contribution in [0.25, 0.3) is 0 Å². The first-order valence-corrected chi connectivity index (χ1v) is 9.68. The van der Waals surface area contributed by atoms with E-state index in [4.69, 9.17) is 5.11 Å². The molecule has 0 spiro atoms. The summed E-state index contributed by atoms with van der Waals surface area (Å²) >= 11 is 0. The van der Waals surface area contributed by atoms with Crippen molar-refractivity contribution < 1.29 is 33.0 Å². The summed E-state index contributed by atoms with van der Waals surface area (Å²) in [6.07, 6.45) is 3.08. The summed E-state index contributed by atoms with van der Waals surface area (Å²) in [6.45, 7) is 1.82. The van der Waals surface area contributed by atoms with E-state index in [0.717, 1.165) is 24.5 Å². The van der Waals surface area contributed by atoms with Gasteiger partial charge in [-0.2, -0.15) is 0 Å². The molecule has 9 heteroatoms. The van der Waals surface area contributed by atoms with E-state index in [2.05, 4.69) is 4.72 Å². The molecular weight excluding hydrogens is 362 g/mol. The number of unbranched alkanes of at least 4 members (excludes halogenated alkanes) is 2. The highest BCUT2D eigenvalue weighted by Gasteiger charge is 2.18. The van der Waals surface area contributed by atoms with Crippen molar-refractivity contribution in [1.82, 2.24) is 4.72 Å². The number of aromatic hydroxyl groups is 1. The molecule has 1 aromatic rings. The van der Waals surface area contributed by atoms with E-state index in [1.807, 2.05) is 0 Å². The maximum absolute atomic E-state index is 12.1. The summed E-state index contributed by atoms with van der Waals surface area (Å²) in [5.74, 6) is -2.20. The fraction of sp³-hybridized carbons (Fsp3) is 0.471. The van der Waals surface area contributed by atoms with Crippen molar-refractivity contribution in [2.45, 2.75) is 43.9 Å². The molecule has 144 valence electrons. The monoisotopic (exact) mass is 385 g/mol. The zero-order valence-electron chi connectivity index (χ0n) is 14.5. The fourth-order valence-electron chi connectivity index (χ4n) is 2.28. The average molecular weight is 385 g/mol. The number of nitrogens with one attached hydrogen (secondary N) is 1. The van der Waals surface area contributed by atoms with Crippen LogP contribution in [0.5, 0.6) is 5.75 Å². The van der Waals surface area contributed by atoms with Gasteiger partial charge in [0.15, 0.2) is 0 Å². The molecule has 26 heavy (non-hydrogen) atoms. The van der Waals surface area contributed by atoms with Gasteiger partial charge in [0.1, 0.15) is 23.4 Å². The topological polar surface area (TPSA) is 138 Å². The molecular formula is C17H23NO7S. The number of Topliss-reactive ketones (excluding diaryl/α,β-unsaturated/α-hetero) is 1. The molecule has 0 aliphatic heterocycles. The number of carbonyl (C=O) groups is 3. The molecule has 0 amide bonds. The second kappa shape index (κ2) is 10.0. The predicted octanol–water partition coefficient (Wildman–Crippen LogP) is 1.72. The van der Waals surface area contributed by atoms with E-state index < -0.39 is 27.3 Å². The second-order valence-electron chi connectivity index (χ2n) is 6.05. The third kappa shape index (κ3) is 6.93. The molecule has 3 N–H and O–H groups in total. The van der Waals surface area contributed by atoms with E-state index in [9.17, 15) is 27.9 Å². The van der Waals surface area contributed by atoms with Crippen LogP contribution >= 0.6 is 0 Å². The Kier molecular flexibility index (Phi) is 8.40. The van der Waals surface area contributed by atoms with Gasteiger partial charge in [0.25, 0.3) is 0 Å². The van der Waals surface area contributed by atoms with Crippen molar-refractivity contribution in [2.75, 3.05) is 6.54 Å². The largest absolute Gasteiger partial charge is 0.507 e. The first-order valence-electron chi connectivity index (χ1n) is 8.20. The van der Waals surface area contributed by atoms with Gasteiger partial charge in [0, 0.05) is 25.3 Å². The highest BCUT2D eigenvalue weighted by molar-refractivity contribution is 7.89. The van der Waals surface area contributed by atoms with Gasteiger partial charge in [-0.3, -0.25) is 4.79 Å². The van der Waals surface area contributed by atoms with E-state index in [1.54, 1.807) is 6.92 Å². The molecule has 0 aromatic heterocycles. The van der Waals surface area contributed by atoms with Gasteiger partial charge in [-0.15, -0.1) is 0 Å². The first kappa shape index (κ1) is 21.8. The van der Waals surface area contributed by atoms with Crippen molar-refractivity contribution in [2.24, 2.45) is 5.92 Å². The molecule has 0 radical (unpaired) electrons. The molecule has 0 fully saturated rings. The molecule has 1 rings (SSSR count). The molecule has 0 aliphatic rings. The van der Waals surface area contributed by atoms with Crippen LogP contribution in [0, 0.1) is 5.92 Å². The Bertz CT molecular complexity index is 758. The van der Waals surface area contributed by atoms with Crippen LogP contribution in [0.3, 0.4) is 0 Å². The lowest BCUT2D eigenvalue weighted by Crippen LogP contribution is -2.25. The van der Waals surface area contributed by atoms with Crippen molar-refractivity contribution in [3.63, 3.8) is 0 Å². The van der Waals surface area contributed by atoms with Crippen molar-refractivity contribution in [3.05, 3.63) is 23.8 Å². The molecule has 0 aliphatic carbocycles. The lowest BCUT2D eigenvalue weighted by atomic mass is 10.0. The average Bonchev–Trinajstić information content (AvgIpc) is 2.57. The number of phenols is 1. The molecule has 0 unspecified atom stereocenters. The normalized spacial score (nSPS) is 12.5. The third-order valence-corrected chi connectivity index (χ3v) is 5.17. The first-order chi connectivity index (χ1) is 12.2. The highest BCUT2D eigenvalue weighted by Crippen LogP contribution is 2.21. The number of carboxylic acid groups (broad SMARTS) is 1. The zero-order valence-corrected chi connectivity index (χ0v) is 15.3. The molecule has 1 atom stereocenters. The smallest absolute Gasteiger partial charge is 0.339 e. The van der Waals surface area contributed by atoms with Crippen molar-refractivity contribution >= 4 is 28.1 Å². The van der Waals surface area contributed by atoms with Gasteiger partial charge in [0.05, 0.1) is 4.90 Å². The minimum atomic E-state index is -3.89. The number of aldehydes is 1. The number of sulfonamides is 1.